The van der Waals surface area contributed by atoms with Crippen molar-refractivity contribution in [3.05, 3.63) is 23.8 Å². The molecular formula is C18H22N2O4. The van der Waals surface area contributed by atoms with Crippen LogP contribution < -0.4 is 10.2 Å². The quantitative estimate of drug-likeness (QED) is 0.888. The highest BCUT2D eigenvalue weighted by Gasteiger charge is 2.36. The molecule has 1 aliphatic carbocycles. The first-order valence-electron chi connectivity index (χ1n) is 8.40. The molecule has 2 fully saturated rings. The summed E-state index contributed by atoms with van der Waals surface area (Å²) < 4.78 is 0. The first-order chi connectivity index (χ1) is 11.5. The molecule has 2 aliphatic rings. The lowest BCUT2D eigenvalue weighted by Crippen LogP contribution is -2.28. The van der Waals surface area contributed by atoms with Gasteiger partial charge in [0.1, 0.15) is 0 Å². The molecule has 0 aromatic heterocycles. The fraction of sp³-hybridized carbons (Fsp3) is 0.500. The molecule has 2 amide bonds. The SMILES string of the molecule is Cc1ccc(NC(=O)C2CCCC2)c(N2CC(C(=O)O)CC2=O)c1. The average molecular weight is 330 g/mol. The summed E-state index contributed by atoms with van der Waals surface area (Å²) in [6.07, 6.45) is 3.94. The Bertz CT molecular complexity index is 680. The summed E-state index contributed by atoms with van der Waals surface area (Å²) in [5.41, 5.74) is 2.13. The third kappa shape index (κ3) is 3.27. The molecule has 1 saturated heterocycles. The lowest BCUT2D eigenvalue weighted by Gasteiger charge is -2.22. The maximum absolute atomic E-state index is 12.4. The maximum atomic E-state index is 12.4. The van der Waals surface area contributed by atoms with E-state index in [1.54, 1.807) is 6.07 Å². The fourth-order valence-corrected chi connectivity index (χ4v) is 3.50. The second kappa shape index (κ2) is 6.63. The van der Waals surface area contributed by atoms with Crippen molar-refractivity contribution in [3.8, 4) is 0 Å². The van der Waals surface area contributed by atoms with Gasteiger partial charge in [-0.2, -0.15) is 0 Å². The summed E-state index contributed by atoms with van der Waals surface area (Å²) in [4.78, 5) is 37.3. The summed E-state index contributed by atoms with van der Waals surface area (Å²) in [5.74, 6) is -1.87. The van der Waals surface area contributed by atoms with Crippen LogP contribution in [-0.4, -0.2) is 29.4 Å². The predicted octanol–water partition coefficient (Wildman–Crippen LogP) is 2.56. The van der Waals surface area contributed by atoms with Gasteiger partial charge in [0, 0.05) is 18.9 Å². The van der Waals surface area contributed by atoms with E-state index in [0.29, 0.717) is 11.4 Å². The Morgan fingerprint density at radius 2 is 1.92 bits per heavy atom. The van der Waals surface area contributed by atoms with Gasteiger partial charge >= 0.3 is 5.97 Å². The lowest BCUT2D eigenvalue weighted by molar-refractivity contribution is -0.141. The molecule has 1 aromatic carbocycles. The summed E-state index contributed by atoms with van der Waals surface area (Å²) in [6.45, 7) is 2.05. The standard InChI is InChI=1S/C18H22N2O4/c1-11-6-7-14(19-17(22)12-4-2-3-5-12)15(8-11)20-10-13(18(23)24)9-16(20)21/h6-8,12-13H,2-5,9-10H2,1H3,(H,19,22)(H,23,24). The van der Waals surface area contributed by atoms with Crippen molar-refractivity contribution in [2.75, 3.05) is 16.8 Å². The van der Waals surface area contributed by atoms with Crippen molar-refractivity contribution >= 4 is 29.2 Å². The highest BCUT2D eigenvalue weighted by Crippen LogP contribution is 2.34. The molecule has 3 rings (SSSR count). The molecule has 0 radical (unpaired) electrons. The molecule has 1 unspecified atom stereocenters. The molecule has 24 heavy (non-hydrogen) atoms. The van der Waals surface area contributed by atoms with Gasteiger partial charge in [-0.3, -0.25) is 14.4 Å². The van der Waals surface area contributed by atoms with Gasteiger partial charge in [0.2, 0.25) is 11.8 Å². The van der Waals surface area contributed by atoms with E-state index in [1.807, 2.05) is 19.1 Å². The third-order valence-corrected chi connectivity index (χ3v) is 4.90. The van der Waals surface area contributed by atoms with E-state index in [0.717, 1.165) is 31.2 Å². The van der Waals surface area contributed by atoms with Gasteiger partial charge in [0.15, 0.2) is 0 Å². The lowest BCUT2D eigenvalue weighted by atomic mass is 10.1. The van der Waals surface area contributed by atoms with Gasteiger partial charge < -0.3 is 15.3 Å². The van der Waals surface area contributed by atoms with E-state index >= 15 is 0 Å². The van der Waals surface area contributed by atoms with Gasteiger partial charge in [0.25, 0.3) is 0 Å². The number of amides is 2. The molecule has 128 valence electrons. The minimum Gasteiger partial charge on any atom is -0.481 e. The van der Waals surface area contributed by atoms with Crippen LogP contribution in [0.3, 0.4) is 0 Å². The van der Waals surface area contributed by atoms with Crippen LogP contribution in [0.25, 0.3) is 0 Å². The molecule has 2 N–H and O–H groups in total. The number of nitrogens with zero attached hydrogens (tertiary/aromatic N) is 1. The summed E-state index contributed by atoms with van der Waals surface area (Å²) in [5, 5.41) is 12.1. The molecule has 6 heteroatoms. The zero-order valence-corrected chi connectivity index (χ0v) is 13.7. The molecule has 1 aliphatic heterocycles. The minimum atomic E-state index is -0.963. The van der Waals surface area contributed by atoms with E-state index in [2.05, 4.69) is 5.32 Å². The van der Waals surface area contributed by atoms with Gasteiger partial charge in [0.05, 0.1) is 17.3 Å². The molecule has 1 aromatic rings. The molecule has 1 heterocycles. The van der Waals surface area contributed by atoms with Crippen molar-refractivity contribution in [2.24, 2.45) is 11.8 Å². The van der Waals surface area contributed by atoms with Crippen LogP contribution in [0.4, 0.5) is 11.4 Å². The number of carbonyl (C=O) groups excluding carboxylic acids is 2. The highest BCUT2D eigenvalue weighted by atomic mass is 16.4. The normalized spacial score (nSPS) is 21.3. The molecular weight excluding hydrogens is 308 g/mol. The number of benzene rings is 1. The number of nitrogens with one attached hydrogen (secondary N) is 1. The zero-order valence-electron chi connectivity index (χ0n) is 13.7. The van der Waals surface area contributed by atoms with Crippen LogP contribution in [0.1, 0.15) is 37.7 Å². The van der Waals surface area contributed by atoms with Gasteiger partial charge in [-0.25, -0.2) is 0 Å². The Labute approximate surface area is 140 Å². The van der Waals surface area contributed by atoms with E-state index < -0.39 is 11.9 Å². The maximum Gasteiger partial charge on any atom is 0.308 e. The molecule has 6 nitrogen and oxygen atoms in total. The summed E-state index contributed by atoms with van der Waals surface area (Å²) in [6, 6.07) is 5.49. The van der Waals surface area contributed by atoms with E-state index in [-0.39, 0.29) is 30.7 Å². The third-order valence-electron chi connectivity index (χ3n) is 4.90. The molecule has 1 atom stereocenters. The van der Waals surface area contributed by atoms with E-state index in [1.165, 1.54) is 4.90 Å². The predicted molar refractivity (Wildman–Crippen MR) is 89.9 cm³/mol. The second-order valence-corrected chi connectivity index (χ2v) is 6.73. The highest BCUT2D eigenvalue weighted by molar-refractivity contribution is 6.04. The largest absolute Gasteiger partial charge is 0.481 e. The molecule has 1 saturated carbocycles. The van der Waals surface area contributed by atoms with Crippen molar-refractivity contribution in [3.63, 3.8) is 0 Å². The Hall–Kier alpha value is -2.37. The first kappa shape index (κ1) is 16.5. The van der Waals surface area contributed by atoms with Crippen LogP contribution >= 0.6 is 0 Å². The van der Waals surface area contributed by atoms with Crippen molar-refractivity contribution < 1.29 is 19.5 Å². The van der Waals surface area contributed by atoms with Crippen LogP contribution in [-0.2, 0) is 14.4 Å². The molecule has 0 bridgehead atoms. The number of rotatable bonds is 4. The summed E-state index contributed by atoms with van der Waals surface area (Å²) >= 11 is 0. The average Bonchev–Trinajstić information content (AvgIpc) is 3.18. The Kier molecular flexibility index (Phi) is 4.55. The number of anilines is 2. The number of aliphatic carboxylic acids is 1. The van der Waals surface area contributed by atoms with Crippen molar-refractivity contribution in [1.82, 2.24) is 0 Å². The molecule has 0 spiro atoms. The smallest absolute Gasteiger partial charge is 0.308 e. The van der Waals surface area contributed by atoms with Crippen LogP contribution in [0.5, 0.6) is 0 Å². The fourth-order valence-electron chi connectivity index (χ4n) is 3.50. The minimum absolute atomic E-state index is 0.000708. The topological polar surface area (TPSA) is 86.7 Å². The van der Waals surface area contributed by atoms with Gasteiger partial charge in [-0.05, 0) is 37.5 Å². The van der Waals surface area contributed by atoms with Gasteiger partial charge in [-0.1, -0.05) is 18.9 Å². The Morgan fingerprint density at radius 1 is 1.21 bits per heavy atom. The van der Waals surface area contributed by atoms with Crippen molar-refractivity contribution in [2.45, 2.75) is 39.0 Å². The van der Waals surface area contributed by atoms with Crippen LogP contribution in [0, 0.1) is 18.8 Å². The summed E-state index contributed by atoms with van der Waals surface area (Å²) in [7, 11) is 0. The van der Waals surface area contributed by atoms with E-state index in [9.17, 15) is 14.4 Å². The Balaban J connectivity index is 1.84. The van der Waals surface area contributed by atoms with E-state index in [4.69, 9.17) is 5.11 Å². The number of aryl methyl sites for hydroxylation is 1. The first-order valence-corrected chi connectivity index (χ1v) is 8.40. The Morgan fingerprint density at radius 3 is 2.54 bits per heavy atom. The van der Waals surface area contributed by atoms with Crippen LogP contribution in [0.15, 0.2) is 18.2 Å². The monoisotopic (exact) mass is 330 g/mol. The zero-order chi connectivity index (χ0) is 17.3. The number of hydrogen-bond acceptors (Lipinski definition) is 3. The number of hydrogen-bond donors (Lipinski definition) is 2. The number of carboxylic acid groups (broad SMARTS) is 1. The second-order valence-electron chi connectivity index (χ2n) is 6.73. The number of carbonyl (C=O) groups is 3. The van der Waals surface area contributed by atoms with Crippen molar-refractivity contribution in [1.29, 1.82) is 0 Å². The number of carboxylic acids is 1. The van der Waals surface area contributed by atoms with Crippen LogP contribution in [0.2, 0.25) is 0 Å². The van der Waals surface area contributed by atoms with Gasteiger partial charge in [-0.15, -0.1) is 0 Å².